The third kappa shape index (κ3) is 6.80. The molecule has 0 amide bonds. The molecule has 0 fully saturated rings. The maximum atomic E-state index is 8.53. The molecule has 0 N–H and O–H groups in total. The SMILES string of the molecule is [2H]c1c(C)nc(-n2c3[c-]c(Oc4[c-]c5c(cc4)c4ccccc4n5-c4ccccn4)ccc3c3ccc(Oc4[c-]c5c(cc4)c4ccccc4n5-c4ccccn4)[c-]c32)nc1C.[Pt+2].[Pt+2]. The van der Waals surface area contributed by atoms with Gasteiger partial charge in [0, 0.05) is 57.8 Å². The first-order valence-corrected chi connectivity index (χ1v) is 19.8. The fraction of sp³-hybridized carbons (Fsp3) is 0.0385. The van der Waals surface area contributed by atoms with Crippen LogP contribution in [0.1, 0.15) is 12.8 Å². The second-order valence-corrected chi connectivity index (χ2v) is 14.8. The van der Waals surface area contributed by atoms with Gasteiger partial charge in [-0.1, -0.05) is 70.6 Å². The van der Waals surface area contributed by atoms with Gasteiger partial charge in [0.15, 0.2) is 0 Å². The Kier molecular flexibility index (Phi) is 9.94. The van der Waals surface area contributed by atoms with Crippen LogP contribution in [0.15, 0.2) is 152 Å². The molecule has 9 nitrogen and oxygen atoms in total. The molecule has 0 aliphatic heterocycles. The number of nitrogens with zero attached hydrogens (tertiary/aromatic N) is 7. The summed E-state index contributed by atoms with van der Waals surface area (Å²) in [4.78, 5) is 18.9. The van der Waals surface area contributed by atoms with E-state index < -0.39 is 0 Å². The van der Waals surface area contributed by atoms with Crippen LogP contribution in [0.4, 0.5) is 0 Å². The number of hydrogen-bond donors (Lipinski definition) is 0. The zero-order valence-electron chi connectivity index (χ0n) is 34.4. The summed E-state index contributed by atoms with van der Waals surface area (Å²) in [6.45, 7) is 3.63. The molecule has 0 aliphatic carbocycles. The normalized spacial score (nSPS) is 11.6. The number of rotatable bonds is 7. The minimum atomic E-state index is 0. The van der Waals surface area contributed by atoms with Crippen LogP contribution in [0, 0.1) is 38.1 Å². The van der Waals surface area contributed by atoms with Crippen molar-refractivity contribution in [3.63, 3.8) is 0 Å². The Morgan fingerprint density at radius 3 is 1.19 bits per heavy atom. The first-order chi connectivity index (χ1) is 30.5. The van der Waals surface area contributed by atoms with Crippen LogP contribution in [0.2, 0.25) is 0 Å². The van der Waals surface area contributed by atoms with E-state index in [0.717, 1.165) is 66.0 Å². The largest absolute Gasteiger partial charge is 2.00 e. The Hall–Kier alpha value is -6.92. The molecule has 306 valence electrons. The van der Waals surface area contributed by atoms with E-state index in [1.807, 2.05) is 115 Å². The van der Waals surface area contributed by atoms with E-state index in [4.69, 9.17) is 20.8 Å². The quantitative estimate of drug-likeness (QED) is 0.148. The average molecular weight is 1180 g/mol. The van der Waals surface area contributed by atoms with E-state index >= 15 is 0 Å². The van der Waals surface area contributed by atoms with Gasteiger partial charge < -0.3 is 23.2 Å². The maximum absolute atomic E-state index is 8.53. The first-order valence-electron chi connectivity index (χ1n) is 20.3. The van der Waals surface area contributed by atoms with Gasteiger partial charge in [0.2, 0.25) is 5.95 Å². The van der Waals surface area contributed by atoms with E-state index in [2.05, 4.69) is 79.8 Å². The molecule has 6 aromatic carbocycles. The van der Waals surface area contributed by atoms with Gasteiger partial charge in [-0.25, -0.2) is 19.9 Å². The smallest absolute Gasteiger partial charge is 0.509 e. The molecule has 63 heavy (non-hydrogen) atoms. The standard InChI is InChI=1S/C52H31N7O2.2Pt/c1-32-27-33(2)56-52(55-32)59-48-30-36(60-34-17-21-40-38-11-3-5-13-44(38)57(46(40)28-34)50-15-7-9-25-53-50)19-23-42(48)43-24-20-37(31-49(43)59)61-35-18-22-41-39-12-4-6-14-45(39)58(47(41)29-35)51-16-8-10-26-54-51;;/h3-27H,1-2H3;;/q-4;2*+2/i27D;;. The molecule has 6 aromatic heterocycles. The number of aromatic nitrogens is 7. The molecule has 12 aromatic rings. The van der Waals surface area contributed by atoms with Crippen LogP contribution >= 0.6 is 0 Å². The predicted molar refractivity (Wildman–Crippen MR) is 238 cm³/mol. The molecule has 0 saturated heterocycles. The molecule has 0 spiro atoms. The Balaban J connectivity index is 0.00000242. The van der Waals surface area contributed by atoms with Crippen LogP contribution in [-0.4, -0.2) is 33.6 Å². The van der Waals surface area contributed by atoms with E-state index in [1.165, 1.54) is 0 Å². The molecule has 11 heteroatoms. The van der Waals surface area contributed by atoms with Crippen LogP contribution in [-0.2, 0) is 42.1 Å². The van der Waals surface area contributed by atoms with Crippen molar-refractivity contribution < 1.29 is 53.0 Å². The Morgan fingerprint density at radius 1 is 0.429 bits per heavy atom. The molecule has 0 saturated carbocycles. The van der Waals surface area contributed by atoms with E-state index in [9.17, 15) is 0 Å². The summed E-state index contributed by atoms with van der Waals surface area (Å²) in [5, 5.41) is 6.08. The van der Waals surface area contributed by atoms with E-state index in [-0.39, 0.29) is 42.1 Å². The van der Waals surface area contributed by atoms with Crippen molar-refractivity contribution in [1.82, 2.24) is 33.6 Å². The molecule has 0 atom stereocenters. The van der Waals surface area contributed by atoms with Gasteiger partial charge in [-0.2, -0.15) is 35.0 Å². The number of pyridine rings is 2. The summed E-state index contributed by atoms with van der Waals surface area (Å²) in [5.74, 6) is 3.97. The summed E-state index contributed by atoms with van der Waals surface area (Å²) in [7, 11) is 0. The number of benzene rings is 6. The van der Waals surface area contributed by atoms with Gasteiger partial charge >= 0.3 is 42.1 Å². The number of para-hydroxylation sites is 2. The van der Waals surface area contributed by atoms with Crippen molar-refractivity contribution >= 4 is 65.4 Å². The molecule has 0 unspecified atom stereocenters. The Morgan fingerprint density at radius 2 is 0.794 bits per heavy atom. The van der Waals surface area contributed by atoms with Crippen LogP contribution in [0.25, 0.3) is 83.0 Å². The summed E-state index contributed by atoms with van der Waals surface area (Å²) in [6.07, 6.45) is 3.58. The molecule has 0 bridgehead atoms. The molecular formula is C52H31N7O2Pt2. The van der Waals surface area contributed by atoms with Gasteiger partial charge in [-0.05, 0) is 67.1 Å². The van der Waals surface area contributed by atoms with E-state index in [1.54, 1.807) is 12.4 Å². The van der Waals surface area contributed by atoms with Crippen LogP contribution < -0.4 is 9.47 Å². The number of ether oxygens (including phenoxy) is 2. The van der Waals surface area contributed by atoms with Crippen molar-refractivity contribution in [3.8, 4) is 40.6 Å². The molecule has 6 heterocycles. The van der Waals surface area contributed by atoms with Gasteiger partial charge in [0.05, 0.1) is 1.37 Å². The fourth-order valence-corrected chi connectivity index (χ4v) is 8.44. The second-order valence-electron chi connectivity index (χ2n) is 14.8. The fourth-order valence-electron chi connectivity index (χ4n) is 8.44. The Labute approximate surface area is 391 Å². The number of hydrogen-bond acceptors (Lipinski definition) is 6. The summed E-state index contributed by atoms with van der Waals surface area (Å²) in [6, 6.07) is 58.5. The summed E-state index contributed by atoms with van der Waals surface area (Å²) < 4.78 is 27.8. The first kappa shape index (κ1) is 39.0. The predicted octanol–water partition coefficient (Wildman–Crippen LogP) is 12.0. The molecule has 0 aliphatic rings. The zero-order chi connectivity index (χ0) is 41.5. The second kappa shape index (κ2) is 16.1. The average Bonchev–Trinajstić information content (AvgIpc) is 3.93. The Bertz CT molecular complexity index is 3520. The summed E-state index contributed by atoms with van der Waals surface area (Å²) in [5.41, 5.74) is 6.23. The van der Waals surface area contributed by atoms with Gasteiger partial charge in [-0.15, -0.1) is 59.3 Å². The minimum absolute atomic E-state index is 0. The molecule has 12 rings (SSSR count). The van der Waals surface area contributed by atoms with Gasteiger partial charge in [0.25, 0.3) is 0 Å². The minimum Gasteiger partial charge on any atom is -0.509 e. The third-order valence-electron chi connectivity index (χ3n) is 10.9. The zero-order valence-corrected chi connectivity index (χ0v) is 38.0. The summed E-state index contributed by atoms with van der Waals surface area (Å²) >= 11 is 0. The third-order valence-corrected chi connectivity index (χ3v) is 10.9. The van der Waals surface area contributed by atoms with Crippen LogP contribution in [0.5, 0.6) is 23.0 Å². The molecular weight excluding hydrogens is 1140 g/mol. The van der Waals surface area contributed by atoms with Crippen molar-refractivity contribution in [2.75, 3.05) is 0 Å². The van der Waals surface area contributed by atoms with Crippen molar-refractivity contribution in [1.29, 1.82) is 0 Å². The van der Waals surface area contributed by atoms with Crippen molar-refractivity contribution in [2.45, 2.75) is 13.8 Å². The van der Waals surface area contributed by atoms with Gasteiger partial charge in [-0.3, -0.25) is 0 Å². The number of aryl methyl sites for hydroxylation is 2. The maximum Gasteiger partial charge on any atom is 2.00 e. The molecule has 0 radical (unpaired) electrons. The van der Waals surface area contributed by atoms with Crippen LogP contribution in [0.3, 0.4) is 0 Å². The number of fused-ring (bicyclic) bond motifs is 9. The van der Waals surface area contributed by atoms with Crippen molar-refractivity contribution in [3.05, 3.63) is 188 Å². The van der Waals surface area contributed by atoms with E-state index in [0.29, 0.717) is 57.4 Å². The monoisotopic (exact) mass is 1180 g/mol. The van der Waals surface area contributed by atoms with Gasteiger partial charge in [0.1, 0.15) is 11.6 Å². The topological polar surface area (TPSA) is 84.8 Å². The van der Waals surface area contributed by atoms with Crippen molar-refractivity contribution in [2.24, 2.45) is 0 Å².